The number of amides is 1. The Kier molecular flexibility index (Phi) is 8.63. The largest absolute Gasteiger partial charge is 0.493 e. The van der Waals surface area contributed by atoms with Gasteiger partial charge in [0.1, 0.15) is 10.6 Å². The van der Waals surface area contributed by atoms with E-state index in [0.717, 1.165) is 16.7 Å². The zero-order valence-electron chi connectivity index (χ0n) is 21.7. The first-order valence-corrected chi connectivity index (χ1v) is 13.5. The summed E-state index contributed by atoms with van der Waals surface area (Å²) in [5, 5.41) is 3.96. The molecule has 0 aromatic heterocycles. The Morgan fingerprint density at radius 2 is 1.62 bits per heavy atom. The molecule has 0 saturated heterocycles. The first-order chi connectivity index (χ1) is 18.8. The molecule has 8 nitrogen and oxygen atoms in total. The topological polar surface area (TPSA) is 103 Å². The Morgan fingerprint density at radius 1 is 0.872 bits per heavy atom. The monoisotopic (exact) mass is 544 g/mol. The molecule has 0 spiro atoms. The van der Waals surface area contributed by atoms with Crippen molar-refractivity contribution in [2.45, 2.75) is 18.7 Å². The van der Waals surface area contributed by atoms with Crippen molar-refractivity contribution in [1.82, 2.24) is 5.43 Å². The molecule has 0 unspecified atom stereocenters. The fourth-order valence-electron chi connectivity index (χ4n) is 3.78. The molecule has 4 aromatic carbocycles. The van der Waals surface area contributed by atoms with Crippen LogP contribution in [0.2, 0.25) is 0 Å². The smallest absolute Gasteiger partial charge is 0.339 e. The predicted octanol–water partition coefficient (Wildman–Crippen LogP) is 5.28. The minimum absolute atomic E-state index is 0.0325. The number of para-hydroxylation sites is 1. The Bertz CT molecular complexity index is 1600. The van der Waals surface area contributed by atoms with Crippen LogP contribution in [0.15, 0.2) is 101 Å². The lowest BCUT2D eigenvalue weighted by Crippen LogP contribution is -2.24. The number of nitrogens with one attached hydrogen (secondary N) is 1. The van der Waals surface area contributed by atoms with Crippen molar-refractivity contribution in [2.75, 3.05) is 13.7 Å². The fourth-order valence-corrected chi connectivity index (χ4v) is 5.03. The van der Waals surface area contributed by atoms with Crippen LogP contribution in [0.3, 0.4) is 0 Å². The molecule has 4 rings (SSSR count). The van der Waals surface area contributed by atoms with Crippen molar-refractivity contribution in [3.05, 3.63) is 108 Å². The van der Waals surface area contributed by atoms with E-state index < -0.39 is 16.0 Å². The Labute approximate surface area is 228 Å². The summed E-state index contributed by atoms with van der Waals surface area (Å²) in [5.74, 6) is 0.365. The maximum atomic E-state index is 12.9. The molecule has 0 heterocycles. The molecular formula is C30H28N2O6S. The van der Waals surface area contributed by atoms with Crippen LogP contribution in [0.5, 0.6) is 17.2 Å². The number of nitrogens with zero attached hydrogens (tertiary/aromatic N) is 1. The maximum absolute atomic E-state index is 12.9. The predicted molar refractivity (Wildman–Crippen MR) is 150 cm³/mol. The van der Waals surface area contributed by atoms with Crippen LogP contribution >= 0.6 is 0 Å². The van der Waals surface area contributed by atoms with E-state index in [0.29, 0.717) is 16.9 Å². The van der Waals surface area contributed by atoms with E-state index >= 15 is 0 Å². The number of hydrazone groups is 1. The third-order valence-electron chi connectivity index (χ3n) is 5.73. The van der Waals surface area contributed by atoms with E-state index in [4.69, 9.17) is 13.7 Å². The van der Waals surface area contributed by atoms with Gasteiger partial charge in [-0.1, -0.05) is 60.7 Å². The van der Waals surface area contributed by atoms with Gasteiger partial charge in [-0.05, 0) is 66.4 Å². The van der Waals surface area contributed by atoms with Crippen LogP contribution in [0, 0.1) is 13.8 Å². The van der Waals surface area contributed by atoms with E-state index in [1.54, 1.807) is 37.3 Å². The lowest BCUT2D eigenvalue weighted by Gasteiger charge is -2.13. The third kappa shape index (κ3) is 7.03. The van der Waals surface area contributed by atoms with Crippen LogP contribution in [0.25, 0.3) is 11.1 Å². The summed E-state index contributed by atoms with van der Waals surface area (Å²) in [5.41, 5.74) is 6.21. The first kappa shape index (κ1) is 27.4. The second-order valence-electron chi connectivity index (χ2n) is 8.66. The highest BCUT2D eigenvalue weighted by molar-refractivity contribution is 7.87. The van der Waals surface area contributed by atoms with Gasteiger partial charge in [0, 0.05) is 5.56 Å². The van der Waals surface area contributed by atoms with Gasteiger partial charge in [0.15, 0.2) is 18.1 Å². The summed E-state index contributed by atoms with van der Waals surface area (Å²) in [4.78, 5) is 12.4. The van der Waals surface area contributed by atoms with E-state index in [-0.39, 0.29) is 23.0 Å². The average Bonchev–Trinajstić information content (AvgIpc) is 2.94. The van der Waals surface area contributed by atoms with Gasteiger partial charge in [-0.2, -0.15) is 13.5 Å². The summed E-state index contributed by atoms with van der Waals surface area (Å²) >= 11 is 0. The first-order valence-electron chi connectivity index (χ1n) is 12.1. The van der Waals surface area contributed by atoms with Gasteiger partial charge in [0.2, 0.25) is 0 Å². The molecule has 0 fully saturated rings. The van der Waals surface area contributed by atoms with Crippen LogP contribution in [-0.2, 0) is 14.9 Å². The second kappa shape index (κ2) is 12.3. The lowest BCUT2D eigenvalue weighted by atomic mass is 10.1. The highest BCUT2D eigenvalue weighted by Crippen LogP contribution is 2.32. The normalized spacial score (nSPS) is 11.3. The SMILES string of the molecule is COc1cc(/C=N/NC(=O)COc2ccccc2-c2ccccc2)ccc1OS(=O)(=O)c1cc(C)ccc1C. The second-order valence-corrected chi connectivity index (χ2v) is 10.2. The van der Waals surface area contributed by atoms with Gasteiger partial charge < -0.3 is 13.7 Å². The Hall–Kier alpha value is -4.63. The molecule has 0 aliphatic heterocycles. The van der Waals surface area contributed by atoms with E-state index in [1.165, 1.54) is 19.4 Å². The van der Waals surface area contributed by atoms with Gasteiger partial charge >= 0.3 is 10.1 Å². The summed E-state index contributed by atoms with van der Waals surface area (Å²) in [6.45, 7) is 3.28. The minimum atomic E-state index is -4.07. The highest BCUT2D eigenvalue weighted by atomic mass is 32.2. The molecule has 0 atom stereocenters. The molecular weight excluding hydrogens is 516 g/mol. The molecule has 200 valence electrons. The number of benzene rings is 4. The van der Waals surface area contributed by atoms with Crippen molar-refractivity contribution >= 4 is 22.2 Å². The summed E-state index contributed by atoms with van der Waals surface area (Å²) in [6, 6.07) is 26.9. The van der Waals surface area contributed by atoms with Crippen molar-refractivity contribution in [3.8, 4) is 28.4 Å². The van der Waals surface area contributed by atoms with Gasteiger partial charge in [-0.3, -0.25) is 4.79 Å². The third-order valence-corrected chi connectivity index (χ3v) is 7.11. The van der Waals surface area contributed by atoms with Crippen molar-refractivity contribution in [2.24, 2.45) is 5.10 Å². The van der Waals surface area contributed by atoms with Crippen molar-refractivity contribution in [1.29, 1.82) is 0 Å². The number of rotatable bonds is 10. The summed E-state index contributed by atoms with van der Waals surface area (Å²) in [7, 11) is -2.67. The van der Waals surface area contributed by atoms with Crippen molar-refractivity contribution in [3.63, 3.8) is 0 Å². The number of hydrogen-bond donors (Lipinski definition) is 1. The summed E-state index contributed by atoms with van der Waals surface area (Å²) < 4.78 is 42.2. The zero-order valence-corrected chi connectivity index (χ0v) is 22.6. The number of methoxy groups -OCH3 is 1. The van der Waals surface area contributed by atoms with Gasteiger partial charge in [-0.15, -0.1) is 0 Å². The molecule has 0 radical (unpaired) electrons. The van der Waals surface area contributed by atoms with E-state index in [1.807, 2.05) is 61.5 Å². The molecule has 1 amide bonds. The zero-order chi connectivity index (χ0) is 27.8. The van der Waals surface area contributed by atoms with E-state index in [9.17, 15) is 13.2 Å². The minimum Gasteiger partial charge on any atom is -0.493 e. The Morgan fingerprint density at radius 3 is 2.38 bits per heavy atom. The number of hydrogen-bond acceptors (Lipinski definition) is 7. The van der Waals surface area contributed by atoms with E-state index in [2.05, 4.69) is 10.5 Å². The lowest BCUT2D eigenvalue weighted by molar-refractivity contribution is -0.123. The summed E-state index contributed by atoms with van der Waals surface area (Å²) in [6.07, 6.45) is 1.40. The van der Waals surface area contributed by atoms with Crippen LogP contribution < -0.4 is 19.1 Å². The van der Waals surface area contributed by atoms with Gasteiger partial charge in [0.05, 0.1) is 13.3 Å². The molecule has 9 heteroatoms. The number of aryl methyl sites for hydroxylation is 2. The number of carbonyl (C=O) groups excluding carboxylic acids is 1. The van der Waals surface area contributed by atoms with Crippen LogP contribution in [-0.4, -0.2) is 34.3 Å². The molecule has 39 heavy (non-hydrogen) atoms. The Balaban J connectivity index is 1.38. The van der Waals surface area contributed by atoms with Gasteiger partial charge in [-0.25, -0.2) is 5.43 Å². The molecule has 4 aromatic rings. The number of ether oxygens (including phenoxy) is 2. The molecule has 0 aliphatic carbocycles. The van der Waals surface area contributed by atoms with Crippen LogP contribution in [0.4, 0.5) is 0 Å². The average molecular weight is 545 g/mol. The molecule has 1 N–H and O–H groups in total. The quantitative estimate of drug-likeness (QED) is 0.166. The standard InChI is InChI=1S/C30H28N2O6S/c1-21-13-14-22(2)29(17-21)39(34,35)38-27-16-15-23(18-28(27)36-3)19-31-32-30(33)20-37-26-12-8-7-11-25(26)24-9-5-4-6-10-24/h4-19H,20H2,1-3H3,(H,32,33)/b31-19+. The maximum Gasteiger partial charge on any atom is 0.339 e. The van der Waals surface area contributed by atoms with Crippen molar-refractivity contribution < 1.29 is 26.9 Å². The van der Waals surface area contributed by atoms with Gasteiger partial charge in [0.25, 0.3) is 5.91 Å². The molecule has 0 bridgehead atoms. The molecule has 0 aliphatic rings. The fraction of sp³-hybridized carbons (Fsp3) is 0.133. The van der Waals surface area contributed by atoms with Crippen LogP contribution in [0.1, 0.15) is 16.7 Å². The highest BCUT2D eigenvalue weighted by Gasteiger charge is 2.21. The number of carbonyl (C=O) groups is 1. The molecule has 0 saturated carbocycles.